The number of amides is 3. The van der Waals surface area contributed by atoms with E-state index in [-0.39, 0.29) is 31.4 Å². The number of esters is 1. The Bertz CT molecular complexity index is 950. The van der Waals surface area contributed by atoms with Gasteiger partial charge in [-0.1, -0.05) is 37.6 Å². The van der Waals surface area contributed by atoms with E-state index in [1.807, 2.05) is 19.1 Å². The molecule has 0 radical (unpaired) electrons. The largest absolute Gasteiger partial charge is 0.460 e. The molecule has 5 bridgehead atoms. The van der Waals surface area contributed by atoms with Gasteiger partial charge in [-0.05, 0) is 26.7 Å². The first-order valence-corrected chi connectivity index (χ1v) is 13.0. The summed E-state index contributed by atoms with van der Waals surface area (Å²) in [4.78, 5) is 56.5. The Morgan fingerprint density at radius 3 is 2.72 bits per heavy atom. The number of nitrogens with zero attached hydrogens (tertiary/aromatic N) is 2. The molecule has 2 fully saturated rings. The molecule has 10 heteroatoms. The van der Waals surface area contributed by atoms with E-state index in [0.717, 1.165) is 12.8 Å². The van der Waals surface area contributed by atoms with Crippen LogP contribution < -0.4 is 5.32 Å². The quantitative estimate of drug-likeness (QED) is 0.414. The highest BCUT2D eigenvalue weighted by atomic mass is 16.6. The number of carbonyl (C=O) groups excluding carboxylic acids is 4. The summed E-state index contributed by atoms with van der Waals surface area (Å²) in [6.45, 7) is 6.05. The predicted octanol–water partition coefficient (Wildman–Crippen LogP) is 0.544. The lowest BCUT2D eigenvalue weighted by molar-refractivity contribution is -0.159. The highest BCUT2D eigenvalue weighted by molar-refractivity contribution is 5.99. The highest BCUT2D eigenvalue weighted by Gasteiger charge is 2.74. The van der Waals surface area contributed by atoms with Crippen molar-refractivity contribution in [2.45, 2.75) is 76.3 Å². The van der Waals surface area contributed by atoms with Crippen LogP contribution in [0.2, 0.25) is 0 Å². The first-order valence-electron chi connectivity index (χ1n) is 13.0. The van der Waals surface area contributed by atoms with Gasteiger partial charge in [0.1, 0.15) is 23.7 Å². The summed E-state index contributed by atoms with van der Waals surface area (Å²) < 4.78 is 11.9. The Morgan fingerprint density at radius 1 is 1.22 bits per heavy atom. The summed E-state index contributed by atoms with van der Waals surface area (Å²) in [5, 5.41) is 12.7. The van der Waals surface area contributed by atoms with Crippen molar-refractivity contribution >= 4 is 23.7 Å². The van der Waals surface area contributed by atoms with Crippen LogP contribution in [0.5, 0.6) is 0 Å². The standard InChI is InChI=1S/C26H37N3O7/c1-4-5-12-28-13-8-6-7-9-19(31)27-14-17(3)35-25(34)20-18-10-11-26(36-18)21(20)23(32)29(16(2)15-30)22(26)24(28)33/h6,8,10-11,16-18,20-22,30H,4-5,7,9,12-15H2,1-3H3,(H,27,31)/b8-6-/t16-,17+,18-,20+,21+,22-,26+/m1/s1. The third-order valence-corrected chi connectivity index (χ3v) is 7.58. The van der Waals surface area contributed by atoms with Crippen LogP contribution in [0.3, 0.4) is 0 Å². The molecule has 10 nitrogen and oxygen atoms in total. The van der Waals surface area contributed by atoms with Gasteiger partial charge < -0.3 is 29.7 Å². The number of likely N-dealkylation sites (tertiary alicyclic amines) is 1. The first-order chi connectivity index (χ1) is 17.2. The molecule has 0 aliphatic carbocycles. The molecule has 1 spiro atoms. The van der Waals surface area contributed by atoms with Crippen molar-refractivity contribution in [1.82, 2.24) is 15.1 Å². The molecular weight excluding hydrogens is 466 g/mol. The van der Waals surface area contributed by atoms with Gasteiger partial charge >= 0.3 is 5.97 Å². The molecule has 3 amide bonds. The lowest BCUT2D eigenvalue weighted by atomic mass is 9.74. The Hall–Kier alpha value is -2.72. The van der Waals surface area contributed by atoms with Crippen LogP contribution in [0, 0.1) is 11.8 Å². The van der Waals surface area contributed by atoms with Gasteiger partial charge in [-0.15, -0.1) is 0 Å². The number of aliphatic hydroxyl groups is 1. The molecule has 0 unspecified atom stereocenters. The number of allylic oxidation sites excluding steroid dienone is 1. The average molecular weight is 504 g/mol. The molecule has 0 aromatic rings. The fourth-order valence-corrected chi connectivity index (χ4v) is 5.73. The van der Waals surface area contributed by atoms with E-state index < -0.39 is 53.6 Å². The lowest BCUT2D eigenvalue weighted by Gasteiger charge is -2.37. The van der Waals surface area contributed by atoms with Gasteiger partial charge in [0.05, 0.1) is 31.2 Å². The molecule has 4 aliphatic rings. The number of carbonyl (C=O) groups is 4. The van der Waals surface area contributed by atoms with E-state index in [4.69, 9.17) is 9.47 Å². The second-order valence-corrected chi connectivity index (χ2v) is 10.2. The number of rotatable bonds is 5. The predicted molar refractivity (Wildman–Crippen MR) is 129 cm³/mol. The maximum Gasteiger partial charge on any atom is 0.313 e. The smallest absolute Gasteiger partial charge is 0.313 e. The zero-order valence-electron chi connectivity index (χ0n) is 21.2. The lowest BCUT2D eigenvalue weighted by Crippen LogP contribution is -2.58. The van der Waals surface area contributed by atoms with Crippen LogP contribution in [-0.2, 0) is 28.7 Å². The minimum atomic E-state index is -1.30. The molecular formula is C26H37N3O7. The molecule has 0 aromatic carbocycles. The Balaban J connectivity index is 1.75. The van der Waals surface area contributed by atoms with E-state index >= 15 is 0 Å². The van der Waals surface area contributed by atoms with Crippen molar-refractivity contribution in [1.29, 1.82) is 0 Å². The molecule has 4 aliphatic heterocycles. The van der Waals surface area contributed by atoms with Gasteiger partial charge in [-0.3, -0.25) is 19.2 Å². The summed E-state index contributed by atoms with van der Waals surface area (Å²) >= 11 is 0. The number of hydrogen-bond acceptors (Lipinski definition) is 7. The Morgan fingerprint density at radius 2 is 2.00 bits per heavy atom. The van der Waals surface area contributed by atoms with Crippen molar-refractivity contribution in [3.63, 3.8) is 0 Å². The highest BCUT2D eigenvalue weighted by Crippen LogP contribution is 2.56. The van der Waals surface area contributed by atoms with E-state index in [1.165, 1.54) is 4.90 Å². The van der Waals surface area contributed by atoms with E-state index in [0.29, 0.717) is 19.5 Å². The molecule has 0 saturated carbocycles. The summed E-state index contributed by atoms with van der Waals surface area (Å²) in [6.07, 6.45) is 8.40. The molecule has 2 N–H and O–H groups in total. The van der Waals surface area contributed by atoms with Gasteiger partial charge in [0.2, 0.25) is 17.7 Å². The van der Waals surface area contributed by atoms with E-state index in [1.54, 1.807) is 30.9 Å². The van der Waals surface area contributed by atoms with Gasteiger partial charge in [0.25, 0.3) is 0 Å². The third kappa shape index (κ3) is 4.56. The number of aliphatic hydroxyl groups excluding tert-OH is 1. The van der Waals surface area contributed by atoms with Crippen LogP contribution in [0.25, 0.3) is 0 Å². The fraction of sp³-hybridized carbons (Fsp3) is 0.692. The monoisotopic (exact) mass is 503 g/mol. The van der Waals surface area contributed by atoms with Crippen LogP contribution >= 0.6 is 0 Å². The molecule has 36 heavy (non-hydrogen) atoms. The summed E-state index contributed by atoms with van der Waals surface area (Å²) in [6, 6.07) is -1.64. The van der Waals surface area contributed by atoms with Gasteiger partial charge in [0.15, 0.2) is 0 Å². The topological polar surface area (TPSA) is 125 Å². The molecule has 4 rings (SSSR count). The number of nitrogens with one attached hydrogen (secondary N) is 1. The maximum absolute atomic E-state index is 14.1. The van der Waals surface area contributed by atoms with Gasteiger partial charge in [-0.25, -0.2) is 0 Å². The third-order valence-electron chi connectivity index (χ3n) is 7.58. The SMILES string of the molecule is CCCCN1C/C=C\CCC(=O)NC[C@H](C)OC(=O)[C@@H]2[C@H]3C(=O)N([C@H](C)CO)[C@H](C1=O)[C@]31C=C[C@H]2O1. The molecule has 198 valence electrons. The number of hydrogen-bond donors (Lipinski definition) is 2. The van der Waals surface area contributed by atoms with E-state index in [2.05, 4.69) is 5.32 Å². The molecule has 7 atom stereocenters. The second-order valence-electron chi connectivity index (χ2n) is 10.2. The van der Waals surface area contributed by atoms with Crippen molar-refractivity contribution < 1.29 is 33.8 Å². The van der Waals surface area contributed by atoms with Crippen LogP contribution in [0.4, 0.5) is 0 Å². The number of fused-ring (bicyclic) bond motifs is 2. The number of cyclic esters (lactones) is 1. The van der Waals surface area contributed by atoms with E-state index in [9.17, 15) is 24.3 Å². The van der Waals surface area contributed by atoms with Crippen molar-refractivity contribution in [2.75, 3.05) is 26.2 Å². The Kier molecular flexibility index (Phi) is 7.85. The number of unbranched alkanes of at least 4 members (excludes halogenated alkanes) is 1. The zero-order chi connectivity index (χ0) is 26.0. The minimum Gasteiger partial charge on any atom is -0.460 e. The fourth-order valence-electron chi connectivity index (χ4n) is 5.73. The van der Waals surface area contributed by atoms with Crippen molar-refractivity contribution in [2.24, 2.45) is 11.8 Å². The zero-order valence-corrected chi connectivity index (χ0v) is 21.2. The van der Waals surface area contributed by atoms with Crippen LogP contribution in [0.1, 0.15) is 46.5 Å². The van der Waals surface area contributed by atoms with Gasteiger partial charge in [-0.2, -0.15) is 0 Å². The van der Waals surface area contributed by atoms with Gasteiger partial charge in [0, 0.05) is 19.5 Å². The molecule has 2 saturated heterocycles. The molecule has 4 heterocycles. The number of ether oxygens (including phenoxy) is 2. The van der Waals surface area contributed by atoms with Crippen LogP contribution in [-0.4, -0.2) is 94.7 Å². The van der Waals surface area contributed by atoms with Crippen LogP contribution in [0.15, 0.2) is 24.3 Å². The first kappa shape index (κ1) is 26.3. The molecule has 0 aromatic heterocycles. The Labute approximate surface area is 211 Å². The van der Waals surface area contributed by atoms with Crippen molar-refractivity contribution in [3.8, 4) is 0 Å². The maximum atomic E-state index is 14.1. The average Bonchev–Trinajstić information content (AvgIpc) is 3.50. The summed E-state index contributed by atoms with van der Waals surface area (Å²) in [5.41, 5.74) is -1.30. The second kappa shape index (κ2) is 10.7. The normalized spacial score (nSPS) is 36.6. The summed E-state index contributed by atoms with van der Waals surface area (Å²) in [5.74, 6) is -3.25. The van der Waals surface area contributed by atoms with Crippen molar-refractivity contribution in [3.05, 3.63) is 24.3 Å². The minimum absolute atomic E-state index is 0.154. The summed E-state index contributed by atoms with van der Waals surface area (Å²) in [7, 11) is 0.